The summed E-state index contributed by atoms with van der Waals surface area (Å²) < 4.78 is 19.1. The number of aryl methyl sites for hydroxylation is 1. The molecule has 0 fully saturated rings. The molecule has 1 heterocycles. The molecule has 2 aromatic rings. The summed E-state index contributed by atoms with van der Waals surface area (Å²) in [6.07, 6.45) is 1.46. The molecule has 5 heteroatoms. The number of aromatic nitrogens is 2. The van der Waals surface area contributed by atoms with E-state index >= 15 is 0 Å². The lowest BCUT2D eigenvalue weighted by Crippen LogP contribution is -2.11. The molecule has 1 aromatic heterocycles. The summed E-state index contributed by atoms with van der Waals surface area (Å²) in [5.41, 5.74) is 2.36. The van der Waals surface area contributed by atoms with Crippen molar-refractivity contribution in [1.82, 2.24) is 9.97 Å². The minimum absolute atomic E-state index is 0.0665. The Kier molecular flexibility index (Phi) is 4.73. The Hall–Kier alpha value is -2.17. The molecule has 0 saturated heterocycles. The van der Waals surface area contributed by atoms with Crippen LogP contribution in [0.5, 0.6) is 5.88 Å². The third-order valence-electron chi connectivity index (χ3n) is 3.37. The summed E-state index contributed by atoms with van der Waals surface area (Å²) in [6.45, 7) is 8.07. The van der Waals surface area contributed by atoms with E-state index in [-0.39, 0.29) is 11.9 Å². The van der Waals surface area contributed by atoms with E-state index in [0.717, 1.165) is 11.1 Å². The minimum Gasteiger partial charge on any atom is -0.478 e. The van der Waals surface area contributed by atoms with Gasteiger partial charge in [-0.2, -0.15) is 0 Å². The summed E-state index contributed by atoms with van der Waals surface area (Å²) in [7, 11) is 0. The third kappa shape index (κ3) is 3.48. The number of ether oxygens (including phenoxy) is 1. The zero-order valence-electron chi connectivity index (χ0n) is 12.8. The fourth-order valence-corrected chi connectivity index (χ4v) is 2.03. The smallest absolute Gasteiger partial charge is 0.221 e. The molecule has 0 saturated carbocycles. The van der Waals surface area contributed by atoms with Crippen molar-refractivity contribution in [2.75, 3.05) is 11.9 Å². The molecule has 0 aliphatic carbocycles. The van der Waals surface area contributed by atoms with Crippen LogP contribution in [0.25, 0.3) is 0 Å². The highest BCUT2D eigenvalue weighted by Crippen LogP contribution is 2.25. The number of benzene rings is 1. The highest BCUT2D eigenvalue weighted by Gasteiger charge is 2.12. The SMILES string of the molecule is CCOc1ncnc(NC(C)c2ccc(C)c(F)c2)c1C. The fraction of sp³-hybridized carbons (Fsp3) is 0.375. The predicted molar refractivity (Wildman–Crippen MR) is 81.1 cm³/mol. The normalized spacial score (nSPS) is 12.0. The van der Waals surface area contributed by atoms with Crippen molar-refractivity contribution in [3.05, 3.63) is 47.0 Å². The van der Waals surface area contributed by atoms with Crippen molar-refractivity contribution in [1.29, 1.82) is 0 Å². The van der Waals surface area contributed by atoms with Crippen LogP contribution in [0.3, 0.4) is 0 Å². The summed E-state index contributed by atoms with van der Waals surface area (Å²) in [4.78, 5) is 8.33. The second-order valence-corrected chi connectivity index (χ2v) is 4.96. The second-order valence-electron chi connectivity index (χ2n) is 4.96. The molecular weight excluding hydrogens is 269 g/mol. The van der Waals surface area contributed by atoms with E-state index in [1.807, 2.05) is 26.8 Å². The van der Waals surface area contributed by atoms with Crippen LogP contribution in [0, 0.1) is 19.7 Å². The van der Waals surface area contributed by atoms with Crippen LogP contribution in [0.4, 0.5) is 10.2 Å². The first-order valence-corrected chi connectivity index (χ1v) is 7.00. The molecule has 0 radical (unpaired) electrons. The molecule has 0 bridgehead atoms. The van der Waals surface area contributed by atoms with Crippen molar-refractivity contribution in [3.63, 3.8) is 0 Å². The second kappa shape index (κ2) is 6.52. The maximum absolute atomic E-state index is 13.6. The van der Waals surface area contributed by atoms with Gasteiger partial charge in [0.05, 0.1) is 18.2 Å². The largest absolute Gasteiger partial charge is 0.478 e. The standard InChI is InChI=1S/C16H20FN3O/c1-5-21-16-11(3)15(18-9-19-16)20-12(4)13-7-6-10(2)14(17)8-13/h6-9,12H,5H2,1-4H3,(H,18,19,20). The molecule has 0 aliphatic heterocycles. The molecule has 1 aromatic carbocycles. The minimum atomic E-state index is -0.199. The maximum Gasteiger partial charge on any atom is 0.221 e. The van der Waals surface area contributed by atoms with Gasteiger partial charge in [0.25, 0.3) is 0 Å². The number of anilines is 1. The Morgan fingerprint density at radius 3 is 2.71 bits per heavy atom. The van der Waals surface area contributed by atoms with Gasteiger partial charge in [0.1, 0.15) is 18.0 Å². The summed E-state index contributed by atoms with van der Waals surface area (Å²) >= 11 is 0. The molecule has 2 rings (SSSR count). The van der Waals surface area contributed by atoms with Crippen LogP contribution in [-0.4, -0.2) is 16.6 Å². The van der Waals surface area contributed by atoms with Gasteiger partial charge in [0.2, 0.25) is 5.88 Å². The summed E-state index contributed by atoms with van der Waals surface area (Å²) in [5.74, 6) is 1.06. The van der Waals surface area contributed by atoms with Crippen LogP contribution >= 0.6 is 0 Å². The average Bonchev–Trinajstić information content (AvgIpc) is 2.46. The van der Waals surface area contributed by atoms with Crippen LogP contribution in [0.2, 0.25) is 0 Å². The van der Waals surface area contributed by atoms with E-state index in [9.17, 15) is 4.39 Å². The number of rotatable bonds is 5. The Morgan fingerprint density at radius 1 is 1.29 bits per heavy atom. The quantitative estimate of drug-likeness (QED) is 0.909. The monoisotopic (exact) mass is 289 g/mol. The van der Waals surface area contributed by atoms with E-state index in [1.54, 1.807) is 19.1 Å². The van der Waals surface area contributed by atoms with Gasteiger partial charge in [-0.3, -0.25) is 0 Å². The highest BCUT2D eigenvalue weighted by atomic mass is 19.1. The van der Waals surface area contributed by atoms with Gasteiger partial charge >= 0.3 is 0 Å². The van der Waals surface area contributed by atoms with E-state index in [4.69, 9.17) is 4.74 Å². The lowest BCUT2D eigenvalue weighted by Gasteiger charge is -2.17. The first-order valence-electron chi connectivity index (χ1n) is 7.00. The molecule has 1 unspecified atom stereocenters. The van der Waals surface area contributed by atoms with Crippen LogP contribution in [0.15, 0.2) is 24.5 Å². The summed E-state index contributed by atoms with van der Waals surface area (Å²) in [5, 5.41) is 3.27. The van der Waals surface area contributed by atoms with Crippen molar-refractivity contribution >= 4 is 5.82 Å². The Morgan fingerprint density at radius 2 is 2.05 bits per heavy atom. The average molecular weight is 289 g/mol. The Bertz CT molecular complexity index is 631. The summed E-state index contributed by atoms with van der Waals surface area (Å²) in [6, 6.07) is 5.17. The van der Waals surface area contributed by atoms with Gasteiger partial charge < -0.3 is 10.1 Å². The topological polar surface area (TPSA) is 47.0 Å². The molecule has 0 amide bonds. The zero-order valence-corrected chi connectivity index (χ0v) is 12.8. The number of nitrogens with zero attached hydrogens (tertiary/aromatic N) is 2. The fourth-order valence-electron chi connectivity index (χ4n) is 2.03. The van der Waals surface area contributed by atoms with E-state index in [0.29, 0.717) is 23.9 Å². The van der Waals surface area contributed by atoms with Gasteiger partial charge in [0.15, 0.2) is 0 Å². The van der Waals surface area contributed by atoms with Crippen LogP contribution in [-0.2, 0) is 0 Å². The third-order valence-corrected chi connectivity index (χ3v) is 3.37. The predicted octanol–water partition coefficient (Wildman–Crippen LogP) is 3.80. The van der Waals surface area contributed by atoms with Crippen LogP contribution < -0.4 is 10.1 Å². The zero-order chi connectivity index (χ0) is 15.4. The Labute approximate surface area is 124 Å². The van der Waals surface area contributed by atoms with Crippen molar-refractivity contribution in [3.8, 4) is 5.88 Å². The number of nitrogens with one attached hydrogen (secondary N) is 1. The van der Waals surface area contributed by atoms with Gasteiger partial charge in [-0.05, 0) is 44.9 Å². The van der Waals surface area contributed by atoms with Gasteiger partial charge in [0, 0.05) is 0 Å². The number of hydrogen-bond donors (Lipinski definition) is 1. The van der Waals surface area contributed by atoms with Crippen molar-refractivity contribution in [2.45, 2.75) is 33.7 Å². The lowest BCUT2D eigenvalue weighted by molar-refractivity contribution is 0.324. The first kappa shape index (κ1) is 15.2. The molecule has 0 spiro atoms. The lowest BCUT2D eigenvalue weighted by atomic mass is 10.1. The maximum atomic E-state index is 13.6. The van der Waals surface area contributed by atoms with Crippen molar-refractivity contribution in [2.24, 2.45) is 0 Å². The molecule has 1 N–H and O–H groups in total. The molecule has 112 valence electrons. The molecule has 21 heavy (non-hydrogen) atoms. The van der Waals surface area contributed by atoms with Gasteiger partial charge in [-0.15, -0.1) is 0 Å². The van der Waals surface area contributed by atoms with Gasteiger partial charge in [-0.25, -0.2) is 14.4 Å². The van der Waals surface area contributed by atoms with E-state index < -0.39 is 0 Å². The van der Waals surface area contributed by atoms with Gasteiger partial charge in [-0.1, -0.05) is 12.1 Å². The van der Waals surface area contributed by atoms with E-state index in [1.165, 1.54) is 6.33 Å². The highest BCUT2D eigenvalue weighted by molar-refractivity contribution is 5.49. The number of halogens is 1. The molecule has 0 aliphatic rings. The molecular formula is C16H20FN3O. The van der Waals surface area contributed by atoms with Crippen LogP contribution in [0.1, 0.15) is 36.6 Å². The molecule has 4 nitrogen and oxygen atoms in total. The Balaban J connectivity index is 2.21. The van der Waals surface area contributed by atoms with Crippen molar-refractivity contribution < 1.29 is 9.13 Å². The number of hydrogen-bond acceptors (Lipinski definition) is 4. The molecule has 1 atom stereocenters. The first-order chi connectivity index (χ1) is 10.0. The van der Waals surface area contributed by atoms with E-state index in [2.05, 4.69) is 15.3 Å².